The van der Waals surface area contributed by atoms with Crippen molar-refractivity contribution in [3.8, 4) is 0 Å². The van der Waals surface area contributed by atoms with Crippen LogP contribution in [0.2, 0.25) is 0 Å². The Morgan fingerprint density at radius 3 is 2.32 bits per heavy atom. The molecule has 148 valence electrons. The molecule has 0 spiro atoms. The highest BCUT2D eigenvalue weighted by Gasteiger charge is 2.41. The number of piperidine rings is 1. The maximum atomic E-state index is 12.4. The quantitative estimate of drug-likeness (QED) is 0.563. The summed E-state index contributed by atoms with van der Waals surface area (Å²) in [5, 5.41) is 0. The number of carbonyl (C=O) groups is 5. The Balaban J connectivity index is 1.62. The molecule has 0 aliphatic carbocycles. The molecule has 4 amide bonds. The predicted molar refractivity (Wildman–Crippen MR) is 95.9 cm³/mol. The molecule has 9 nitrogen and oxygen atoms in total. The molecular formula is C19H21N3O6. The summed E-state index contributed by atoms with van der Waals surface area (Å²) >= 11 is 0. The average molecular weight is 387 g/mol. The second-order valence-electron chi connectivity index (χ2n) is 6.81. The fourth-order valence-corrected chi connectivity index (χ4v) is 3.53. The number of rotatable bonds is 5. The zero-order valence-corrected chi connectivity index (χ0v) is 15.4. The van der Waals surface area contributed by atoms with Crippen molar-refractivity contribution in [1.29, 1.82) is 0 Å². The molecule has 2 heterocycles. The second kappa shape index (κ2) is 7.79. The van der Waals surface area contributed by atoms with Gasteiger partial charge in [-0.2, -0.15) is 0 Å². The lowest BCUT2D eigenvalue weighted by atomic mass is 10.0. The van der Waals surface area contributed by atoms with Gasteiger partial charge in [0, 0.05) is 6.54 Å². The molecule has 3 rings (SSSR count). The Bertz CT molecular complexity index is 817. The maximum Gasteiger partial charge on any atom is 0.329 e. The van der Waals surface area contributed by atoms with Crippen LogP contribution in [0.1, 0.15) is 46.9 Å². The van der Waals surface area contributed by atoms with Gasteiger partial charge < -0.3 is 15.4 Å². The number of nitrogens with zero attached hydrogens (tertiary/aromatic N) is 2. The van der Waals surface area contributed by atoms with Gasteiger partial charge in [0.25, 0.3) is 17.7 Å². The zero-order valence-electron chi connectivity index (χ0n) is 15.4. The SMILES string of the molecule is C[C@H](C(=O)OCC(=O)N1CCCC[C@@H]1C(N)=O)N1C(=O)c2ccccc2C1=O. The number of amides is 4. The van der Waals surface area contributed by atoms with Crippen molar-refractivity contribution in [2.75, 3.05) is 13.2 Å². The highest BCUT2D eigenvalue weighted by Crippen LogP contribution is 2.25. The molecule has 9 heteroatoms. The molecule has 0 radical (unpaired) electrons. The fraction of sp³-hybridized carbons (Fsp3) is 0.421. The highest BCUT2D eigenvalue weighted by atomic mass is 16.5. The number of likely N-dealkylation sites (tertiary alicyclic amines) is 1. The standard InChI is InChI=1S/C19H21N3O6/c1-11(22-17(25)12-6-2-3-7-13(12)18(22)26)19(27)28-10-15(23)21-9-5-4-8-14(21)16(20)24/h2-3,6-7,11,14H,4-5,8-10H2,1H3,(H2,20,24)/t11-,14-/m1/s1. The maximum absolute atomic E-state index is 12.4. The molecule has 1 saturated heterocycles. The van der Waals surface area contributed by atoms with Gasteiger partial charge in [0.05, 0.1) is 11.1 Å². The van der Waals surface area contributed by atoms with E-state index >= 15 is 0 Å². The number of fused-ring (bicyclic) bond motifs is 1. The molecular weight excluding hydrogens is 366 g/mol. The lowest BCUT2D eigenvalue weighted by Crippen LogP contribution is -2.52. The van der Waals surface area contributed by atoms with E-state index < -0.39 is 48.3 Å². The van der Waals surface area contributed by atoms with Crippen LogP contribution in [0, 0.1) is 0 Å². The molecule has 28 heavy (non-hydrogen) atoms. The van der Waals surface area contributed by atoms with Crippen LogP contribution in [0.25, 0.3) is 0 Å². The summed E-state index contributed by atoms with van der Waals surface area (Å²) < 4.78 is 5.03. The van der Waals surface area contributed by atoms with Crippen molar-refractivity contribution in [3.05, 3.63) is 35.4 Å². The van der Waals surface area contributed by atoms with E-state index in [9.17, 15) is 24.0 Å². The minimum absolute atomic E-state index is 0.223. The molecule has 1 aromatic rings. The summed E-state index contributed by atoms with van der Waals surface area (Å²) in [6.45, 7) is 1.13. The number of ether oxygens (including phenoxy) is 1. The predicted octanol–water partition coefficient (Wildman–Crippen LogP) is 0.0807. The molecule has 1 aromatic carbocycles. The van der Waals surface area contributed by atoms with E-state index in [-0.39, 0.29) is 11.1 Å². The van der Waals surface area contributed by atoms with Crippen molar-refractivity contribution in [3.63, 3.8) is 0 Å². The van der Waals surface area contributed by atoms with E-state index in [2.05, 4.69) is 0 Å². The van der Waals surface area contributed by atoms with Gasteiger partial charge in [0.15, 0.2) is 6.61 Å². The van der Waals surface area contributed by atoms with E-state index in [0.29, 0.717) is 13.0 Å². The minimum atomic E-state index is -1.19. The van der Waals surface area contributed by atoms with Crippen LogP contribution in [0.4, 0.5) is 0 Å². The smallest absolute Gasteiger partial charge is 0.329 e. The first kappa shape index (κ1) is 19.5. The van der Waals surface area contributed by atoms with Gasteiger partial charge in [0.2, 0.25) is 5.91 Å². The fourth-order valence-electron chi connectivity index (χ4n) is 3.53. The summed E-state index contributed by atoms with van der Waals surface area (Å²) in [6, 6.07) is 4.38. The molecule has 2 atom stereocenters. The van der Waals surface area contributed by atoms with Crippen LogP contribution in [0.3, 0.4) is 0 Å². The minimum Gasteiger partial charge on any atom is -0.454 e. The second-order valence-corrected chi connectivity index (χ2v) is 6.81. The van der Waals surface area contributed by atoms with Crippen molar-refractivity contribution in [1.82, 2.24) is 9.80 Å². The van der Waals surface area contributed by atoms with Gasteiger partial charge in [-0.05, 0) is 38.3 Å². The van der Waals surface area contributed by atoms with Crippen molar-refractivity contribution >= 4 is 29.6 Å². The van der Waals surface area contributed by atoms with Gasteiger partial charge >= 0.3 is 5.97 Å². The number of primary amides is 1. The summed E-state index contributed by atoms with van der Waals surface area (Å²) in [6.07, 6.45) is 1.99. The van der Waals surface area contributed by atoms with E-state index in [4.69, 9.17) is 10.5 Å². The van der Waals surface area contributed by atoms with E-state index in [0.717, 1.165) is 17.7 Å². The number of hydrogen-bond acceptors (Lipinski definition) is 6. The molecule has 2 aliphatic heterocycles. The summed E-state index contributed by atoms with van der Waals surface area (Å²) in [5.74, 6) is -3.18. The molecule has 1 fully saturated rings. The van der Waals surface area contributed by atoms with Crippen LogP contribution in [0.15, 0.2) is 24.3 Å². The van der Waals surface area contributed by atoms with Gasteiger partial charge in [0.1, 0.15) is 12.1 Å². The third-order valence-electron chi connectivity index (χ3n) is 5.04. The normalized spacial score (nSPS) is 20.0. The van der Waals surface area contributed by atoms with Gasteiger partial charge in [-0.1, -0.05) is 12.1 Å². The first-order chi connectivity index (χ1) is 13.3. The third-order valence-corrected chi connectivity index (χ3v) is 5.04. The van der Waals surface area contributed by atoms with E-state index in [1.165, 1.54) is 24.0 Å². The van der Waals surface area contributed by atoms with Crippen LogP contribution < -0.4 is 5.73 Å². The Hall–Kier alpha value is -3.23. The van der Waals surface area contributed by atoms with Crippen molar-refractivity contribution < 1.29 is 28.7 Å². The Morgan fingerprint density at radius 1 is 1.14 bits per heavy atom. The number of esters is 1. The van der Waals surface area contributed by atoms with Crippen LogP contribution >= 0.6 is 0 Å². The molecule has 0 unspecified atom stereocenters. The van der Waals surface area contributed by atoms with Gasteiger partial charge in [-0.25, -0.2) is 4.79 Å². The largest absolute Gasteiger partial charge is 0.454 e. The number of imide groups is 1. The lowest BCUT2D eigenvalue weighted by molar-refractivity contribution is -0.157. The average Bonchev–Trinajstić information content (AvgIpc) is 2.96. The number of hydrogen-bond donors (Lipinski definition) is 1. The summed E-state index contributed by atoms with van der Waals surface area (Å²) in [4.78, 5) is 63.2. The highest BCUT2D eigenvalue weighted by molar-refractivity contribution is 6.22. The molecule has 0 bridgehead atoms. The van der Waals surface area contributed by atoms with E-state index in [1.807, 2.05) is 0 Å². The number of nitrogens with two attached hydrogens (primary N) is 1. The lowest BCUT2D eigenvalue weighted by Gasteiger charge is -2.33. The molecule has 2 N–H and O–H groups in total. The van der Waals surface area contributed by atoms with Crippen LogP contribution in [0.5, 0.6) is 0 Å². The van der Waals surface area contributed by atoms with Gasteiger partial charge in [-0.15, -0.1) is 0 Å². The van der Waals surface area contributed by atoms with Crippen LogP contribution in [-0.4, -0.2) is 64.6 Å². The topological polar surface area (TPSA) is 127 Å². The number of benzene rings is 1. The molecule has 0 saturated carbocycles. The van der Waals surface area contributed by atoms with Crippen LogP contribution in [-0.2, 0) is 19.1 Å². The van der Waals surface area contributed by atoms with Crippen molar-refractivity contribution in [2.45, 2.75) is 38.3 Å². The van der Waals surface area contributed by atoms with Crippen molar-refractivity contribution in [2.24, 2.45) is 5.73 Å². The van der Waals surface area contributed by atoms with E-state index in [1.54, 1.807) is 12.1 Å². The third kappa shape index (κ3) is 3.47. The zero-order chi connectivity index (χ0) is 20.4. The van der Waals surface area contributed by atoms with Gasteiger partial charge in [-0.3, -0.25) is 24.1 Å². The first-order valence-corrected chi connectivity index (χ1v) is 9.05. The monoisotopic (exact) mass is 387 g/mol. The summed E-state index contributed by atoms with van der Waals surface area (Å²) in [7, 11) is 0. The Kier molecular flexibility index (Phi) is 5.43. The summed E-state index contributed by atoms with van der Waals surface area (Å²) in [5.41, 5.74) is 5.78. The number of carbonyl (C=O) groups excluding carboxylic acids is 5. The molecule has 0 aromatic heterocycles. The molecule has 2 aliphatic rings. The Labute approximate surface area is 161 Å². The first-order valence-electron chi connectivity index (χ1n) is 9.05. The Morgan fingerprint density at radius 2 is 1.75 bits per heavy atom.